The Morgan fingerprint density at radius 2 is 1.96 bits per heavy atom. The Morgan fingerprint density at radius 3 is 2.63 bits per heavy atom. The van der Waals surface area contributed by atoms with E-state index in [1.165, 1.54) is 6.92 Å². The highest BCUT2D eigenvalue weighted by Crippen LogP contribution is 2.26. The standard InChI is InChI=1S/C20H30N4O3/c1-15(25)22-13-17-6-5-16(23(17)2)12-20(26)24-10-7-18(8-11-24)27-19-4-3-9-21-14-19/h3-4,9,14,16-18H,5-8,10-13H2,1-2H3,(H,22,25)/t16-,17+/m0/s1. The van der Waals surface area contributed by atoms with Gasteiger partial charge in [0.05, 0.1) is 6.20 Å². The van der Waals surface area contributed by atoms with Crippen molar-refractivity contribution in [3.05, 3.63) is 24.5 Å². The van der Waals surface area contributed by atoms with E-state index in [9.17, 15) is 9.59 Å². The largest absolute Gasteiger partial charge is 0.489 e. The van der Waals surface area contributed by atoms with Crippen molar-refractivity contribution < 1.29 is 14.3 Å². The molecule has 27 heavy (non-hydrogen) atoms. The summed E-state index contributed by atoms with van der Waals surface area (Å²) in [4.78, 5) is 32.1. The molecule has 7 nitrogen and oxygen atoms in total. The summed E-state index contributed by atoms with van der Waals surface area (Å²) in [6.45, 7) is 3.69. The molecule has 0 radical (unpaired) electrons. The van der Waals surface area contributed by atoms with Crippen LogP contribution in [0, 0.1) is 0 Å². The third-order valence-corrected chi connectivity index (χ3v) is 5.71. The monoisotopic (exact) mass is 374 g/mol. The van der Waals surface area contributed by atoms with Crippen LogP contribution in [0.25, 0.3) is 0 Å². The predicted octanol–water partition coefficient (Wildman–Crippen LogP) is 1.44. The molecule has 148 valence electrons. The molecule has 2 saturated heterocycles. The molecule has 0 aliphatic carbocycles. The van der Waals surface area contributed by atoms with E-state index in [4.69, 9.17) is 4.74 Å². The fourth-order valence-corrected chi connectivity index (χ4v) is 4.01. The molecule has 1 aromatic rings. The number of aromatic nitrogens is 1. The van der Waals surface area contributed by atoms with Gasteiger partial charge < -0.3 is 15.0 Å². The zero-order chi connectivity index (χ0) is 19.2. The van der Waals surface area contributed by atoms with Crippen molar-refractivity contribution in [2.24, 2.45) is 0 Å². The average molecular weight is 374 g/mol. The Bertz CT molecular complexity index is 631. The van der Waals surface area contributed by atoms with E-state index in [0.717, 1.165) is 44.5 Å². The van der Waals surface area contributed by atoms with Crippen molar-refractivity contribution >= 4 is 11.8 Å². The first kappa shape index (κ1) is 19.6. The molecule has 1 N–H and O–H groups in total. The van der Waals surface area contributed by atoms with Crippen molar-refractivity contribution in [2.75, 3.05) is 26.7 Å². The topological polar surface area (TPSA) is 74.8 Å². The van der Waals surface area contributed by atoms with Crippen LogP contribution in [-0.2, 0) is 9.59 Å². The second kappa shape index (κ2) is 9.17. The van der Waals surface area contributed by atoms with Crippen molar-refractivity contribution in [1.29, 1.82) is 0 Å². The van der Waals surface area contributed by atoms with E-state index in [-0.39, 0.29) is 24.0 Å². The van der Waals surface area contributed by atoms with Crippen LogP contribution in [0.2, 0.25) is 0 Å². The summed E-state index contributed by atoms with van der Waals surface area (Å²) in [5.74, 6) is 1.02. The molecular weight excluding hydrogens is 344 g/mol. The van der Waals surface area contributed by atoms with E-state index >= 15 is 0 Å². The summed E-state index contributed by atoms with van der Waals surface area (Å²) in [6.07, 6.45) is 7.90. The van der Waals surface area contributed by atoms with Crippen molar-refractivity contribution in [1.82, 2.24) is 20.1 Å². The highest BCUT2D eigenvalue weighted by Gasteiger charge is 2.33. The third-order valence-electron chi connectivity index (χ3n) is 5.71. The maximum atomic E-state index is 12.7. The molecule has 7 heteroatoms. The second-order valence-corrected chi connectivity index (χ2v) is 7.58. The summed E-state index contributed by atoms with van der Waals surface area (Å²) in [5.41, 5.74) is 0. The van der Waals surface area contributed by atoms with Gasteiger partial charge in [0.15, 0.2) is 0 Å². The number of likely N-dealkylation sites (N-methyl/N-ethyl adjacent to an activating group) is 1. The van der Waals surface area contributed by atoms with Crippen LogP contribution >= 0.6 is 0 Å². The van der Waals surface area contributed by atoms with E-state index in [0.29, 0.717) is 19.0 Å². The van der Waals surface area contributed by atoms with Gasteiger partial charge in [-0.25, -0.2) is 0 Å². The molecule has 3 heterocycles. The quantitative estimate of drug-likeness (QED) is 0.816. The third kappa shape index (κ3) is 5.42. The summed E-state index contributed by atoms with van der Waals surface area (Å²) >= 11 is 0. The highest BCUT2D eigenvalue weighted by molar-refractivity contribution is 5.77. The number of hydrogen-bond donors (Lipinski definition) is 1. The lowest BCUT2D eigenvalue weighted by Gasteiger charge is -2.33. The molecular formula is C20H30N4O3. The number of amides is 2. The first-order chi connectivity index (χ1) is 13.0. The number of hydrogen-bond acceptors (Lipinski definition) is 5. The Kier molecular flexibility index (Phi) is 6.66. The number of likely N-dealkylation sites (tertiary alicyclic amines) is 2. The molecule has 0 aromatic carbocycles. The minimum absolute atomic E-state index is 0.000648. The molecule has 2 amide bonds. The number of piperidine rings is 1. The zero-order valence-corrected chi connectivity index (χ0v) is 16.3. The number of nitrogens with zero attached hydrogens (tertiary/aromatic N) is 3. The van der Waals surface area contributed by atoms with E-state index in [1.54, 1.807) is 12.4 Å². The van der Waals surface area contributed by atoms with Gasteiger partial charge >= 0.3 is 0 Å². The molecule has 0 bridgehead atoms. The van der Waals surface area contributed by atoms with Crippen LogP contribution in [0.5, 0.6) is 5.75 Å². The number of ether oxygens (including phenoxy) is 1. The molecule has 3 rings (SSSR count). The van der Waals surface area contributed by atoms with E-state index in [2.05, 4.69) is 22.2 Å². The summed E-state index contributed by atoms with van der Waals surface area (Å²) in [7, 11) is 2.06. The number of nitrogens with one attached hydrogen (secondary N) is 1. The van der Waals surface area contributed by atoms with Crippen LogP contribution in [0.3, 0.4) is 0 Å². The van der Waals surface area contributed by atoms with Crippen LogP contribution in [0.1, 0.15) is 39.0 Å². The first-order valence-electron chi connectivity index (χ1n) is 9.83. The molecule has 0 spiro atoms. The van der Waals surface area contributed by atoms with Crippen LogP contribution in [0.15, 0.2) is 24.5 Å². The predicted molar refractivity (Wildman–Crippen MR) is 102 cm³/mol. The van der Waals surface area contributed by atoms with Gasteiger partial charge in [-0.05, 0) is 32.0 Å². The Morgan fingerprint density at radius 1 is 1.22 bits per heavy atom. The maximum absolute atomic E-state index is 12.7. The van der Waals surface area contributed by atoms with Crippen LogP contribution < -0.4 is 10.1 Å². The Balaban J connectivity index is 1.41. The number of rotatable bonds is 6. The molecule has 0 saturated carbocycles. The molecule has 0 unspecified atom stereocenters. The zero-order valence-electron chi connectivity index (χ0n) is 16.3. The first-order valence-corrected chi connectivity index (χ1v) is 9.83. The number of pyridine rings is 1. The molecule has 2 atom stereocenters. The summed E-state index contributed by atoms with van der Waals surface area (Å²) in [5, 5.41) is 2.89. The van der Waals surface area contributed by atoms with E-state index < -0.39 is 0 Å². The lowest BCUT2D eigenvalue weighted by molar-refractivity contribution is -0.134. The van der Waals surface area contributed by atoms with Crippen LogP contribution in [-0.4, -0.2) is 71.5 Å². The molecule has 2 aliphatic heterocycles. The fourth-order valence-electron chi connectivity index (χ4n) is 4.01. The summed E-state index contributed by atoms with van der Waals surface area (Å²) in [6, 6.07) is 4.37. The van der Waals surface area contributed by atoms with Crippen molar-refractivity contribution in [3.63, 3.8) is 0 Å². The molecule has 2 aliphatic rings. The minimum Gasteiger partial charge on any atom is -0.489 e. The van der Waals surface area contributed by atoms with E-state index in [1.807, 2.05) is 17.0 Å². The van der Waals surface area contributed by atoms with Gasteiger partial charge in [-0.1, -0.05) is 0 Å². The smallest absolute Gasteiger partial charge is 0.224 e. The molecule has 2 fully saturated rings. The SMILES string of the molecule is CC(=O)NC[C@H]1CC[C@@H](CC(=O)N2CCC(Oc3cccnc3)CC2)N1C. The fraction of sp³-hybridized carbons (Fsp3) is 0.650. The summed E-state index contributed by atoms with van der Waals surface area (Å²) < 4.78 is 5.95. The molecule has 1 aromatic heterocycles. The van der Waals surface area contributed by atoms with Crippen molar-refractivity contribution in [2.45, 2.75) is 57.2 Å². The maximum Gasteiger partial charge on any atom is 0.224 e. The van der Waals surface area contributed by atoms with Crippen LogP contribution in [0.4, 0.5) is 0 Å². The van der Waals surface area contributed by atoms with Gasteiger partial charge in [-0.15, -0.1) is 0 Å². The van der Waals surface area contributed by atoms with Crippen molar-refractivity contribution in [3.8, 4) is 5.75 Å². The second-order valence-electron chi connectivity index (χ2n) is 7.58. The number of carbonyl (C=O) groups is 2. The number of carbonyl (C=O) groups excluding carboxylic acids is 2. The normalized spacial score (nSPS) is 24.0. The average Bonchev–Trinajstić information content (AvgIpc) is 3.01. The highest BCUT2D eigenvalue weighted by atomic mass is 16.5. The van der Waals surface area contributed by atoms with Gasteiger partial charge in [0.2, 0.25) is 11.8 Å². The van der Waals surface area contributed by atoms with Gasteiger partial charge in [-0.2, -0.15) is 0 Å². The Labute approximate surface area is 161 Å². The van der Waals surface area contributed by atoms with Gasteiger partial charge in [0.25, 0.3) is 0 Å². The Hall–Kier alpha value is -2.15. The van der Waals surface area contributed by atoms with Gasteiger partial charge in [0, 0.05) is 64.1 Å². The lowest BCUT2D eigenvalue weighted by atomic mass is 10.1. The minimum atomic E-state index is -0.000648. The van der Waals surface area contributed by atoms with Gasteiger partial charge in [-0.3, -0.25) is 19.5 Å². The lowest BCUT2D eigenvalue weighted by Crippen LogP contribution is -2.45. The van der Waals surface area contributed by atoms with Gasteiger partial charge in [0.1, 0.15) is 11.9 Å².